The van der Waals surface area contributed by atoms with Crippen LogP contribution >= 0.6 is 0 Å². The third kappa shape index (κ3) is 2.93. The van der Waals surface area contributed by atoms with E-state index in [2.05, 4.69) is 68.4 Å². The number of hydrogen-bond acceptors (Lipinski definition) is 3. The molecule has 108 valence electrons. The van der Waals surface area contributed by atoms with Crippen LogP contribution < -0.4 is 10.2 Å². The molecule has 1 aromatic carbocycles. The number of nitrogens with one attached hydrogen (secondary N) is 1. The fraction of sp³-hybridized carbons (Fsp3) is 0.471. The lowest BCUT2D eigenvalue weighted by atomic mass is 10.0. The molecule has 20 heavy (non-hydrogen) atoms. The van der Waals surface area contributed by atoms with Crippen molar-refractivity contribution in [2.75, 3.05) is 19.0 Å². The van der Waals surface area contributed by atoms with Gasteiger partial charge in [0.2, 0.25) is 0 Å². The zero-order valence-electron chi connectivity index (χ0n) is 13.1. The number of pyridine rings is 1. The molecule has 0 bridgehead atoms. The van der Waals surface area contributed by atoms with Gasteiger partial charge in [0.15, 0.2) is 0 Å². The minimum absolute atomic E-state index is 0.454. The fourth-order valence-electron chi connectivity index (χ4n) is 2.42. The Morgan fingerprint density at radius 3 is 2.55 bits per heavy atom. The summed E-state index contributed by atoms with van der Waals surface area (Å²) in [7, 11) is 4.10. The predicted molar refractivity (Wildman–Crippen MR) is 87.2 cm³/mol. The molecule has 1 heterocycles. The molecule has 2 aromatic rings. The molecule has 2 rings (SSSR count). The normalized spacial score (nSPS) is 12.9. The van der Waals surface area contributed by atoms with Crippen LogP contribution in [0.15, 0.2) is 30.3 Å². The topological polar surface area (TPSA) is 28.2 Å². The molecule has 1 N–H and O–H groups in total. The molecule has 0 aliphatic rings. The van der Waals surface area contributed by atoms with Gasteiger partial charge in [0.05, 0.1) is 5.69 Å². The summed E-state index contributed by atoms with van der Waals surface area (Å²) in [6.07, 6.45) is 0. The second-order valence-electron chi connectivity index (χ2n) is 5.78. The Hall–Kier alpha value is -1.61. The highest BCUT2D eigenvalue weighted by atomic mass is 15.2. The van der Waals surface area contributed by atoms with Gasteiger partial charge in [-0.15, -0.1) is 0 Å². The molecule has 0 radical (unpaired) electrons. The summed E-state index contributed by atoms with van der Waals surface area (Å²) >= 11 is 0. The Morgan fingerprint density at radius 2 is 1.90 bits per heavy atom. The van der Waals surface area contributed by atoms with Crippen LogP contribution in [-0.2, 0) is 6.54 Å². The van der Waals surface area contributed by atoms with Crippen LogP contribution in [0.3, 0.4) is 0 Å². The van der Waals surface area contributed by atoms with Crippen LogP contribution in [0.5, 0.6) is 0 Å². The molecule has 0 aliphatic carbocycles. The number of anilines is 1. The zero-order valence-corrected chi connectivity index (χ0v) is 13.1. The number of hydrogen-bond donors (Lipinski definition) is 1. The van der Waals surface area contributed by atoms with E-state index in [0.29, 0.717) is 12.0 Å². The van der Waals surface area contributed by atoms with Gasteiger partial charge in [-0.2, -0.15) is 0 Å². The van der Waals surface area contributed by atoms with Crippen LogP contribution in [0, 0.1) is 5.92 Å². The van der Waals surface area contributed by atoms with Gasteiger partial charge in [-0.3, -0.25) is 0 Å². The molecule has 0 spiro atoms. The van der Waals surface area contributed by atoms with E-state index in [-0.39, 0.29) is 0 Å². The summed E-state index contributed by atoms with van der Waals surface area (Å²) in [5.41, 5.74) is 1.09. The average Bonchev–Trinajstić information content (AvgIpc) is 2.45. The number of benzene rings is 1. The molecule has 1 aromatic heterocycles. The highest BCUT2D eigenvalue weighted by molar-refractivity contribution is 5.92. The van der Waals surface area contributed by atoms with Gasteiger partial charge in [-0.25, -0.2) is 4.98 Å². The second-order valence-corrected chi connectivity index (χ2v) is 5.78. The highest BCUT2D eigenvalue weighted by Gasteiger charge is 2.17. The van der Waals surface area contributed by atoms with Gasteiger partial charge in [0, 0.05) is 25.0 Å². The van der Waals surface area contributed by atoms with E-state index in [0.717, 1.165) is 18.1 Å². The molecule has 0 saturated carbocycles. The van der Waals surface area contributed by atoms with E-state index in [1.165, 1.54) is 10.8 Å². The van der Waals surface area contributed by atoms with Crippen molar-refractivity contribution >= 4 is 16.6 Å². The Morgan fingerprint density at radius 1 is 1.20 bits per heavy atom. The maximum atomic E-state index is 4.86. The monoisotopic (exact) mass is 271 g/mol. The number of nitrogens with zero attached hydrogens (tertiary/aromatic N) is 2. The molecule has 0 amide bonds. The number of fused-ring (bicyclic) bond motifs is 1. The summed E-state index contributed by atoms with van der Waals surface area (Å²) in [5, 5.41) is 5.67. The van der Waals surface area contributed by atoms with Crippen molar-refractivity contribution in [3.63, 3.8) is 0 Å². The first-order chi connectivity index (χ1) is 9.54. The highest BCUT2D eigenvalue weighted by Crippen LogP contribution is 2.27. The summed E-state index contributed by atoms with van der Waals surface area (Å²) in [5.74, 6) is 1.67. The van der Waals surface area contributed by atoms with Gasteiger partial charge in [0.1, 0.15) is 5.82 Å². The lowest BCUT2D eigenvalue weighted by Crippen LogP contribution is -2.34. The van der Waals surface area contributed by atoms with E-state index in [1.807, 2.05) is 7.05 Å². The molecule has 0 aliphatic heterocycles. The number of rotatable bonds is 5. The second kappa shape index (κ2) is 6.23. The molecule has 0 saturated heterocycles. The lowest BCUT2D eigenvalue weighted by molar-refractivity contribution is 0.503. The van der Waals surface area contributed by atoms with E-state index < -0.39 is 0 Å². The summed E-state index contributed by atoms with van der Waals surface area (Å²) < 4.78 is 0. The number of aromatic nitrogens is 1. The van der Waals surface area contributed by atoms with E-state index in [1.54, 1.807) is 0 Å². The quantitative estimate of drug-likeness (QED) is 0.903. The molecule has 0 fully saturated rings. The lowest BCUT2D eigenvalue weighted by Gasteiger charge is -2.30. The van der Waals surface area contributed by atoms with Gasteiger partial charge >= 0.3 is 0 Å². The van der Waals surface area contributed by atoms with Crippen LogP contribution in [0.25, 0.3) is 10.8 Å². The SMILES string of the molecule is CNCc1cc2ccccc2c(N(C)C(C)C(C)C)n1. The van der Waals surface area contributed by atoms with Crippen LogP contribution in [0.4, 0.5) is 5.82 Å². The van der Waals surface area contributed by atoms with Gasteiger partial charge in [0.25, 0.3) is 0 Å². The molecular formula is C17H25N3. The van der Waals surface area contributed by atoms with E-state index >= 15 is 0 Å². The Labute approximate surface area is 122 Å². The van der Waals surface area contributed by atoms with Crippen molar-refractivity contribution in [3.8, 4) is 0 Å². The van der Waals surface area contributed by atoms with Crippen molar-refractivity contribution in [2.24, 2.45) is 5.92 Å². The molecule has 1 unspecified atom stereocenters. The van der Waals surface area contributed by atoms with Crippen LogP contribution in [0.2, 0.25) is 0 Å². The maximum absolute atomic E-state index is 4.86. The van der Waals surface area contributed by atoms with Gasteiger partial charge in [-0.1, -0.05) is 38.1 Å². The smallest absolute Gasteiger partial charge is 0.136 e. The molecule has 3 heteroatoms. The van der Waals surface area contributed by atoms with Crippen molar-refractivity contribution in [2.45, 2.75) is 33.4 Å². The largest absolute Gasteiger partial charge is 0.356 e. The predicted octanol–water partition coefficient (Wildman–Crippen LogP) is 3.43. The minimum atomic E-state index is 0.454. The minimum Gasteiger partial charge on any atom is -0.356 e. The first-order valence-corrected chi connectivity index (χ1v) is 7.30. The fourth-order valence-corrected chi connectivity index (χ4v) is 2.42. The third-order valence-corrected chi connectivity index (χ3v) is 4.04. The van der Waals surface area contributed by atoms with Crippen molar-refractivity contribution in [1.82, 2.24) is 10.3 Å². The summed E-state index contributed by atoms with van der Waals surface area (Å²) in [4.78, 5) is 7.16. The zero-order chi connectivity index (χ0) is 14.7. The van der Waals surface area contributed by atoms with Crippen LogP contribution in [0.1, 0.15) is 26.5 Å². The van der Waals surface area contributed by atoms with E-state index in [9.17, 15) is 0 Å². The van der Waals surface area contributed by atoms with Crippen molar-refractivity contribution < 1.29 is 0 Å². The first-order valence-electron chi connectivity index (χ1n) is 7.30. The average molecular weight is 271 g/mol. The Balaban J connectivity index is 2.54. The van der Waals surface area contributed by atoms with Crippen molar-refractivity contribution in [3.05, 3.63) is 36.0 Å². The van der Waals surface area contributed by atoms with Gasteiger partial charge < -0.3 is 10.2 Å². The van der Waals surface area contributed by atoms with Gasteiger partial charge in [-0.05, 0) is 31.3 Å². The molecular weight excluding hydrogens is 246 g/mol. The third-order valence-electron chi connectivity index (χ3n) is 4.04. The summed E-state index contributed by atoms with van der Waals surface area (Å²) in [6, 6.07) is 11.1. The molecule has 3 nitrogen and oxygen atoms in total. The van der Waals surface area contributed by atoms with E-state index in [4.69, 9.17) is 4.98 Å². The standard InChI is InChI=1S/C17H25N3/c1-12(2)13(3)20(5)17-16-9-7-6-8-14(16)10-15(19-17)11-18-4/h6-10,12-13,18H,11H2,1-5H3. The Kier molecular flexibility index (Phi) is 4.61. The first kappa shape index (κ1) is 14.8. The maximum Gasteiger partial charge on any atom is 0.136 e. The van der Waals surface area contributed by atoms with Crippen LogP contribution in [-0.4, -0.2) is 25.1 Å². The molecule has 1 atom stereocenters. The summed E-state index contributed by atoms with van der Waals surface area (Å²) in [6.45, 7) is 7.55. The van der Waals surface area contributed by atoms with Crippen molar-refractivity contribution in [1.29, 1.82) is 0 Å². The Bertz CT molecular complexity index is 577.